The molecule has 0 fully saturated rings. The lowest BCUT2D eigenvalue weighted by atomic mass is 10.1. The van der Waals surface area contributed by atoms with Crippen LogP contribution in [-0.4, -0.2) is 22.7 Å². The summed E-state index contributed by atoms with van der Waals surface area (Å²) >= 11 is 0. The van der Waals surface area contributed by atoms with Crippen LogP contribution >= 0.6 is 0 Å². The van der Waals surface area contributed by atoms with Gasteiger partial charge < -0.3 is 14.6 Å². The molecule has 4 nitrogen and oxygen atoms in total. The summed E-state index contributed by atoms with van der Waals surface area (Å²) in [6, 6.07) is 8.30. The second kappa shape index (κ2) is 5.19. The highest BCUT2D eigenvalue weighted by atomic mass is 16.6. The number of nitrogens with zero attached hydrogens (tertiary/aromatic N) is 1. The Labute approximate surface area is 125 Å². The highest BCUT2D eigenvalue weighted by Gasteiger charge is 2.23. The van der Waals surface area contributed by atoms with E-state index in [1.165, 1.54) is 16.6 Å². The highest BCUT2D eigenvalue weighted by Crippen LogP contribution is 2.28. The first-order valence-corrected chi connectivity index (χ1v) is 7.47. The van der Waals surface area contributed by atoms with Crippen LogP contribution in [0.4, 0.5) is 0 Å². The van der Waals surface area contributed by atoms with Crippen LogP contribution in [0.5, 0.6) is 0 Å². The minimum absolute atomic E-state index is 0.184. The fraction of sp³-hybridized carbons (Fsp3) is 0.471. The number of para-hydroxylation sites is 1. The van der Waals surface area contributed by atoms with Gasteiger partial charge in [0.05, 0.1) is 0 Å². The van der Waals surface area contributed by atoms with Gasteiger partial charge in [-0.3, -0.25) is 4.79 Å². The maximum Gasteiger partial charge on any atom is 0.326 e. The molecule has 1 aliphatic heterocycles. The van der Waals surface area contributed by atoms with Crippen molar-refractivity contribution in [2.75, 3.05) is 6.54 Å². The van der Waals surface area contributed by atoms with Crippen molar-refractivity contribution in [3.63, 3.8) is 0 Å². The minimum atomic E-state index is -0.446. The third kappa shape index (κ3) is 2.81. The molecule has 0 saturated heterocycles. The number of carbonyl (C=O) groups is 1. The first-order chi connectivity index (χ1) is 9.96. The van der Waals surface area contributed by atoms with Gasteiger partial charge >= 0.3 is 5.97 Å². The molecule has 0 unspecified atom stereocenters. The van der Waals surface area contributed by atoms with Crippen molar-refractivity contribution in [2.45, 2.75) is 45.9 Å². The molecule has 1 N–H and O–H groups in total. The van der Waals surface area contributed by atoms with Crippen molar-refractivity contribution in [1.82, 2.24) is 9.88 Å². The molecule has 4 heteroatoms. The van der Waals surface area contributed by atoms with Crippen LogP contribution in [0, 0.1) is 0 Å². The lowest BCUT2D eigenvalue weighted by molar-refractivity contribution is -0.155. The molecule has 0 atom stereocenters. The number of hydrogen-bond acceptors (Lipinski definition) is 3. The average Bonchev–Trinajstić information content (AvgIpc) is 2.72. The molecule has 0 amide bonds. The average molecular weight is 286 g/mol. The van der Waals surface area contributed by atoms with E-state index in [0.717, 1.165) is 25.0 Å². The third-order valence-corrected chi connectivity index (χ3v) is 3.75. The van der Waals surface area contributed by atoms with Crippen molar-refractivity contribution in [3.8, 4) is 0 Å². The van der Waals surface area contributed by atoms with Crippen LogP contribution in [0.3, 0.4) is 0 Å². The minimum Gasteiger partial charge on any atom is -0.459 e. The molecule has 1 aromatic carbocycles. The number of rotatable bonds is 2. The lowest BCUT2D eigenvalue weighted by Crippen LogP contribution is -2.29. The molecule has 2 aromatic rings. The second-order valence-electron chi connectivity index (χ2n) is 6.54. The monoisotopic (exact) mass is 286 g/mol. The summed E-state index contributed by atoms with van der Waals surface area (Å²) < 4.78 is 7.57. The number of benzene rings is 1. The van der Waals surface area contributed by atoms with E-state index in [9.17, 15) is 4.79 Å². The molecule has 21 heavy (non-hydrogen) atoms. The molecule has 0 aliphatic carbocycles. The molecule has 0 saturated carbocycles. The zero-order valence-electron chi connectivity index (χ0n) is 12.9. The Kier molecular flexibility index (Phi) is 3.49. The number of carbonyl (C=O) groups excluding carboxylic acids is 1. The van der Waals surface area contributed by atoms with Gasteiger partial charge in [-0.2, -0.15) is 0 Å². The van der Waals surface area contributed by atoms with E-state index in [-0.39, 0.29) is 12.5 Å². The van der Waals surface area contributed by atoms with Crippen LogP contribution < -0.4 is 5.32 Å². The lowest BCUT2D eigenvalue weighted by Gasteiger charge is -2.21. The number of esters is 1. The van der Waals surface area contributed by atoms with Gasteiger partial charge in [-0.25, -0.2) is 0 Å². The number of fused-ring (bicyclic) bond motifs is 3. The molecule has 1 aliphatic rings. The summed E-state index contributed by atoms with van der Waals surface area (Å²) in [7, 11) is 0. The van der Waals surface area contributed by atoms with E-state index < -0.39 is 5.60 Å². The molecule has 112 valence electrons. The fourth-order valence-corrected chi connectivity index (χ4v) is 3.01. The summed E-state index contributed by atoms with van der Waals surface area (Å²) in [4.78, 5) is 12.2. The quantitative estimate of drug-likeness (QED) is 0.863. The molecule has 3 rings (SSSR count). The van der Waals surface area contributed by atoms with E-state index in [2.05, 4.69) is 28.1 Å². The maximum absolute atomic E-state index is 12.2. The SMILES string of the molecule is CC(C)(C)OC(=O)Cn1c2c(c3ccccc31)CCNC2. The first-order valence-electron chi connectivity index (χ1n) is 7.47. The van der Waals surface area contributed by atoms with E-state index in [4.69, 9.17) is 4.74 Å². The molecule has 0 bridgehead atoms. The summed E-state index contributed by atoms with van der Waals surface area (Å²) in [5.74, 6) is -0.184. The number of hydrogen-bond donors (Lipinski definition) is 1. The van der Waals surface area contributed by atoms with Crippen LogP contribution in [0.2, 0.25) is 0 Å². The van der Waals surface area contributed by atoms with Crippen LogP contribution in [-0.2, 0) is 29.0 Å². The molecule has 0 radical (unpaired) electrons. The second-order valence-corrected chi connectivity index (χ2v) is 6.54. The van der Waals surface area contributed by atoms with E-state index >= 15 is 0 Å². The van der Waals surface area contributed by atoms with Crippen molar-refractivity contribution in [1.29, 1.82) is 0 Å². The Hall–Kier alpha value is -1.81. The van der Waals surface area contributed by atoms with Crippen LogP contribution in [0.15, 0.2) is 24.3 Å². The Morgan fingerprint density at radius 1 is 1.33 bits per heavy atom. The molecular weight excluding hydrogens is 264 g/mol. The number of nitrogens with one attached hydrogen (secondary N) is 1. The van der Waals surface area contributed by atoms with Gasteiger partial charge in [-0.15, -0.1) is 0 Å². The Bertz CT molecular complexity index is 680. The summed E-state index contributed by atoms with van der Waals surface area (Å²) in [5.41, 5.74) is 3.26. The zero-order valence-corrected chi connectivity index (χ0v) is 12.9. The standard InChI is InChI=1S/C17H22N2O2/c1-17(2,3)21-16(20)11-19-14-7-5-4-6-12(14)13-8-9-18-10-15(13)19/h4-7,18H,8-11H2,1-3H3. The largest absolute Gasteiger partial charge is 0.459 e. The summed E-state index contributed by atoms with van der Waals surface area (Å²) in [6.45, 7) is 7.77. The third-order valence-electron chi connectivity index (χ3n) is 3.75. The normalized spacial score (nSPS) is 15.0. The van der Waals surface area contributed by atoms with Gasteiger partial charge in [0.1, 0.15) is 12.1 Å². The van der Waals surface area contributed by atoms with Gasteiger partial charge in [0.25, 0.3) is 0 Å². The maximum atomic E-state index is 12.2. The van der Waals surface area contributed by atoms with Crippen molar-refractivity contribution >= 4 is 16.9 Å². The Morgan fingerprint density at radius 2 is 2.10 bits per heavy atom. The van der Waals surface area contributed by atoms with Gasteiger partial charge in [-0.05, 0) is 45.4 Å². The molecule has 1 aromatic heterocycles. The van der Waals surface area contributed by atoms with E-state index in [1.54, 1.807) is 0 Å². The van der Waals surface area contributed by atoms with Gasteiger partial charge in [-0.1, -0.05) is 18.2 Å². The summed E-state index contributed by atoms with van der Waals surface area (Å²) in [5, 5.41) is 4.65. The number of aromatic nitrogens is 1. The predicted molar refractivity (Wildman–Crippen MR) is 83.2 cm³/mol. The highest BCUT2D eigenvalue weighted by molar-refractivity contribution is 5.87. The molecular formula is C17H22N2O2. The van der Waals surface area contributed by atoms with Crippen molar-refractivity contribution in [3.05, 3.63) is 35.5 Å². The van der Waals surface area contributed by atoms with Gasteiger partial charge in [0.15, 0.2) is 0 Å². The number of ether oxygens (including phenoxy) is 1. The molecule has 0 spiro atoms. The topological polar surface area (TPSA) is 43.3 Å². The first kappa shape index (κ1) is 14.1. The Balaban J connectivity index is 2.00. The molecule has 2 heterocycles. The smallest absolute Gasteiger partial charge is 0.326 e. The van der Waals surface area contributed by atoms with E-state index in [0.29, 0.717) is 0 Å². The van der Waals surface area contributed by atoms with Crippen LogP contribution in [0.25, 0.3) is 10.9 Å². The van der Waals surface area contributed by atoms with Crippen LogP contribution in [0.1, 0.15) is 32.0 Å². The fourth-order valence-electron chi connectivity index (χ4n) is 3.01. The summed E-state index contributed by atoms with van der Waals surface area (Å²) in [6.07, 6.45) is 1.01. The van der Waals surface area contributed by atoms with Gasteiger partial charge in [0, 0.05) is 23.1 Å². The predicted octanol–water partition coefficient (Wildman–Crippen LogP) is 2.63. The zero-order chi connectivity index (χ0) is 15.0. The van der Waals surface area contributed by atoms with E-state index in [1.807, 2.05) is 26.8 Å². The van der Waals surface area contributed by atoms with Crippen molar-refractivity contribution in [2.24, 2.45) is 0 Å². The van der Waals surface area contributed by atoms with Crippen molar-refractivity contribution < 1.29 is 9.53 Å². The van der Waals surface area contributed by atoms with Gasteiger partial charge in [0.2, 0.25) is 0 Å². The Morgan fingerprint density at radius 3 is 2.86 bits per heavy atom.